The van der Waals surface area contributed by atoms with Crippen LogP contribution in [-0.4, -0.2) is 79.1 Å². The fraction of sp³-hybridized carbons (Fsp3) is 0.611. The molecule has 0 spiro atoms. The minimum atomic E-state index is -0.223. The predicted molar refractivity (Wildman–Crippen MR) is 92.3 cm³/mol. The van der Waals surface area contributed by atoms with Gasteiger partial charge < -0.3 is 10.0 Å². The molecular weight excluding hydrogens is 290 g/mol. The van der Waals surface area contributed by atoms with Crippen molar-refractivity contribution in [3.05, 3.63) is 35.4 Å². The van der Waals surface area contributed by atoms with Crippen LogP contribution >= 0.6 is 0 Å². The second kappa shape index (κ2) is 8.43. The number of hydrogen-bond acceptors (Lipinski definition) is 4. The standard InChI is InChI=1S/C18H29N3O2/c1-15-6-4-7-16(14-15)17(19(2)3)18(23)21-11-9-20(10-12-21)8-5-13-22/h4,6-7,14,17,22H,5,8-13H2,1-3H3/t17-/m0/s1. The third-order valence-electron chi connectivity index (χ3n) is 4.42. The monoisotopic (exact) mass is 319 g/mol. The van der Waals surface area contributed by atoms with Gasteiger partial charge in [-0.2, -0.15) is 0 Å². The number of hydrogen-bond donors (Lipinski definition) is 1. The highest BCUT2D eigenvalue weighted by Gasteiger charge is 2.29. The van der Waals surface area contributed by atoms with Crippen LogP contribution < -0.4 is 0 Å². The van der Waals surface area contributed by atoms with Crippen LogP contribution in [0.5, 0.6) is 0 Å². The van der Waals surface area contributed by atoms with E-state index >= 15 is 0 Å². The first-order valence-electron chi connectivity index (χ1n) is 8.38. The second-order valence-corrected chi connectivity index (χ2v) is 6.52. The normalized spacial score (nSPS) is 17.5. The summed E-state index contributed by atoms with van der Waals surface area (Å²) < 4.78 is 0. The summed E-state index contributed by atoms with van der Waals surface area (Å²) in [5, 5.41) is 8.92. The van der Waals surface area contributed by atoms with Gasteiger partial charge in [0.25, 0.3) is 0 Å². The van der Waals surface area contributed by atoms with E-state index in [2.05, 4.69) is 24.0 Å². The molecule has 1 amide bonds. The molecule has 0 radical (unpaired) electrons. The molecule has 5 nitrogen and oxygen atoms in total. The Balaban J connectivity index is 2.02. The van der Waals surface area contributed by atoms with E-state index in [-0.39, 0.29) is 18.6 Å². The summed E-state index contributed by atoms with van der Waals surface area (Å²) in [4.78, 5) is 19.3. The van der Waals surface area contributed by atoms with Gasteiger partial charge in [-0.15, -0.1) is 0 Å². The Morgan fingerprint density at radius 2 is 1.96 bits per heavy atom. The van der Waals surface area contributed by atoms with Gasteiger partial charge in [0.05, 0.1) is 0 Å². The summed E-state index contributed by atoms with van der Waals surface area (Å²) in [7, 11) is 3.92. The first-order chi connectivity index (χ1) is 11.0. The molecule has 2 rings (SSSR count). The van der Waals surface area contributed by atoms with E-state index in [9.17, 15) is 4.79 Å². The predicted octanol–water partition coefficient (Wildman–Crippen LogP) is 1.12. The molecule has 0 bridgehead atoms. The quantitative estimate of drug-likeness (QED) is 0.854. The van der Waals surface area contributed by atoms with Gasteiger partial charge in [0.15, 0.2) is 0 Å². The third-order valence-corrected chi connectivity index (χ3v) is 4.42. The van der Waals surface area contributed by atoms with E-state index in [0.717, 1.165) is 44.7 Å². The Hall–Kier alpha value is -1.43. The summed E-state index contributed by atoms with van der Waals surface area (Å²) in [5.74, 6) is 0.183. The van der Waals surface area contributed by atoms with Gasteiger partial charge in [-0.25, -0.2) is 0 Å². The summed E-state index contributed by atoms with van der Waals surface area (Å²) in [6, 6.07) is 7.98. The molecule has 5 heteroatoms. The van der Waals surface area contributed by atoms with Gasteiger partial charge in [0, 0.05) is 39.3 Å². The van der Waals surface area contributed by atoms with Gasteiger partial charge in [-0.1, -0.05) is 29.8 Å². The van der Waals surface area contributed by atoms with Crippen LogP contribution in [0.1, 0.15) is 23.6 Å². The topological polar surface area (TPSA) is 47.0 Å². The van der Waals surface area contributed by atoms with E-state index in [1.54, 1.807) is 0 Å². The van der Waals surface area contributed by atoms with Gasteiger partial charge in [-0.05, 0) is 33.0 Å². The molecule has 23 heavy (non-hydrogen) atoms. The molecular formula is C18H29N3O2. The summed E-state index contributed by atoms with van der Waals surface area (Å²) >= 11 is 0. The summed E-state index contributed by atoms with van der Waals surface area (Å²) in [5.41, 5.74) is 2.23. The first-order valence-corrected chi connectivity index (χ1v) is 8.38. The van der Waals surface area contributed by atoms with Crippen LogP contribution in [0.4, 0.5) is 0 Å². The van der Waals surface area contributed by atoms with Crippen molar-refractivity contribution in [2.75, 3.05) is 53.4 Å². The molecule has 1 N–H and O–H groups in total. The Morgan fingerprint density at radius 3 is 2.52 bits per heavy atom. The Bertz CT molecular complexity index is 511. The number of nitrogens with zero attached hydrogens (tertiary/aromatic N) is 3. The maximum absolute atomic E-state index is 13.0. The van der Waals surface area contributed by atoms with Crippen LogP contribution in [0.25, 0.3) is 0 Å². The Labute approximate surface area is 139 Å². The number of carbonyl (C=O) groups is 1. The number of aliphatic hydroxyl groups excluding tert-OH is 1. The van der Waals surface area contributed by atoms with Crippen LogP contribution in [0, 0.1) is 6.92 Å². The highest BCUT2D eigenvalue weighted by Crippen LogP contribution is 2.22. The number of aryl methyl sites for hydroxylation is 1. The van der Waals surface area contributed by atoms with E-state index < -0.39 is 0 Å². The van der Waals surface area contributed by atoms with E-state index in [0.29, 0.717) is 0 Å². The molecule has 0 unspecified atom stereocenters. The zero-order valence-electron chi connectivity index (χ0n) is 14.5. The molecule has 1 heterocycles. The maximum atomic E-state index is 13.0. The Morgan fingerprint density at radius 1 is 1.26 bits per heavy atom. The zero-order chi connectivity index (χ0) is 16.8. The number of rotatable bonds is 6. The van der Waals surface area contributed by atoms with Gasteiger partial charge in [-0.3, -0.25) is 14.6 Å². The molecule has 1 saturated heterocycles. The lowest BCUT2D eigenvalue weighted by Gasteiger charge is -2.37. The molecule has 1 aliphatic heterocycles. The number of likely N-dealkylation sites (N-methyl/N-ethyl adjacent to an activating group) is 1. The van der Waals surface area contributed by atoms with Gasteiger partial charge >= 0.3 is 0 Å². The molecule has 128 valence electrons. The van der Waals surface area contributed by atoms with E-state index in [1.807, 2.05) is 36.0 Å². The Kier molecular flexibility index (Phi) is 6.57. The highest BCUT2D eigenvalue weighted by atomic mass is 16.3. The number of aliphatic hydroxyl groups is 1. The zero-order valence-corrected chi connectivity index (χ0v) is 14.5. The average Bonchev–Trinajstić information content (AvgIpc) is 2.53. The molecule has 0 aliphatic carbocycles. The largest absolute Gasteiger partial charge is 0.396 e. The van der Waals surface area contributed by atoms with Crippen LogP contribution in [0.2, 0.25) is 0 Å². The molecule has 0 aromatic heterocycles. The van der Waals surface area contributed by atoms with Crippen molar-refractivity contribution >= 4 is 5.91 Å². The third kappa shape index (κ3) is 4.77. The fourth-order valence-electron chi connectivity index (χ4n) is 3.16. The second-order valence-electron chi connectivity index (χ2n) is 6.52. The number of carbonyl (C=O) groups excluding carboxylic acids is 1. The smallest absolute Gasteiger partial charge is 0.244 e. The van der Waals surface area contributed by atoms with Crippen molar-refractivity contribution in [1.82, 2.24) is 14.7 Å². The molecule has 1 aromatic carbocycles. The average molecular weight is 319 g/mol. The van der Waals surface area contributed by atoms with Gasteiger partial charge in [0.1, 0.15) is 6.04 Å². The minimum absolute atomic E-state index is 0.183. The number of benzene rings is 1. The van der Waals surface area contributed by atoms with Crippen molar-refractivity contribution in [2.24, 2.45) is 0 Å². The van der Waals surface area contributed by atoms with Crippen molar-refractivity contribution in [3.63, 3.8) is 0 Å². The molecule has 1 aromatic rings. The summed E-state index contributed by atoms with van der Waals surface area (Å²) in [6.07, 6.45) is 0.803. The lowest BCUT2D eigenvalue weighted by Crippen LogP contribution is -2.51. The number of amides is 1. The van der Waals surface area contributed by atoms with Crippen LogP contribution in [-0.2, 0) is 4.79 Å². The SMILES string of the molecule is Cc1cccc([C@@H](C(=O)N2CCN(CCCO)CC2)N(C)C)c1. The number of piperazine rings is 1. The van der Waals surface area contributed by atoms with Crippen LogP contribution in [0.15, 0.2) is 24.3 Å². The van der Waals surface area contributed by atoms with Crippen LogP contribution in [0.3, 0.4) is 0 Å². The van der Waals surface area contributed by atoms with E-state index in [1.165, 1.54) is 5.56 Å². The highest BCUT2D eigenvalue weighted by molar-refractivity contribution is 5.83. The minimum Gasteiger partial charge on any atom is -0.396 e. The van der Waals surface area contributed by atoms with Crippen molar-refractivity contribution in [3.8, 4) is 0 Å². The molecule has 1 fully saturated rings. The molecule has 1 aliphatic rings. The van der Waals surface area contributed by atoms with E-state index in [4.69, 9.17) is 5.11 Å². The lowest BCUT2D eigenvalue weighted by molar-refractivity contribution is -0.138. The van der Waals surface area contributed by atoms with Crippen molar-refractivity contribution in [1.29, 1.82) is 0 Å². The van der Waals surface area contributed by atoms with Crippen molar-refractivity contribution < 1.29 is 9.90 Å². The maximum Gasteiger partial charge on any atom is 0.244 e. The summed E-state index contributed by atoms with van der Waals surface area (Å²) in [6.45, 7) is 6.50. The fourth-order valence-corrected chi connectivity index (χ4v) is 3.16. The molecule has 1 atom stereocenters. The first kappa shape index (κ1) is 17.9. The van der Waals surface area contributed by atoms with Crippen molar-refractivity contribution in [2.45, 2.75) is 19.4 Å². The molecule has 0 saturated carbocycles. The lowest BCUT2D eigenvalue weighted by atomic mass is 10.0. The van der Waals surface area contributed by atoms with Gasteiger partial charge in [0.2, 0.25) is 5.91 Å².